The molecule has 19 heavy (non-hydrogen) atoms. The van der Waals surface area contributed by atoms with Crippen LogP contribution in [0.2, 0.25) is 0 Å². The number of alkyl halides is 3. The maximum atomic E-state index is 12.2. The first-order valence-electron chi connectivity index (χ1n) is 4.79. The first kappa shape index (κ1) is 15.7. The van der Waals surface area contributed by atoms with Gasteiger partial charge in [-0.25, -0.2) is 0 Å². The summed E-state index contributed by atoms with van der Waals surface area (Å²) in [7, 11) is -5.79. The highest BCUT2D eigenvalue weighted by molar-refractivity contribution is 7.88. The number of quaternary nitrogens is 1. The molecular weight excluding hydrogens is 291 g/mol. The highest BCUT2D eigenvalue weighted by Gasteiger charge is 2.48. The zero-order valence-corrected chi connectivity index (χ0v) is 10.6. The van der Waals surface area contributed by atoms with E-state index in [2.05, 4.69) is 4.18 Å². The average Bonchev–Trinajstić information content (AvgIpc) is 2.21. The van der Waals surface area contributed by atoms with Gasteiger partial charge in [0.05, 0.1) is 0 Å². The van der Waals surface area contributed by atoms with Gasteiger partial charge in [-0.05, 0) is 25.0 Å². The fraction of sp³-hybridized carbons (Fsp3) is 0.333. The predicted molar refractivity (Wildman–Crippen MR) is 58.9 cm³/mol. The third-order valence-electron chi connectivity index (χ3n) is 2.17. The minimum absolute atomic E-state index is 0.0629. The second-order valence-electron chi connectivity index (χ2n) is 3.71. The van der Waals surface area contributed by atoms with Crippen LogP contribution in [0.15, 0.2) is 12.1 Å². The molecule has 0 spiro atoms. The summed E-state index contributed by atoms with van der Waals surface area (Å²) in [6, 6.07) is 1.92. The van der Waals surface area contributed by atoms with E-state index < -0.39 is 26.6 Å². The molecule has 0 saturated heterocycles. The summed E-state index contributed by atoms with van der Waals surface area (Å²) in [5.41, 5.74) is -5.97. The van der Waals surface area contributed by atoms with Gasteiger partial charge in [0.2, 0.25) is 0 Å². The molecular formula is C9H9F3NO5S-. The van der Waals surface area contributed by atoms with Crippen LogP contribution in [0.5, 0.6) is 5.75 Å². The lowest BCUT2D eigenvalue weighted by Crippen LogP contribution is -2.96. The average molecular weight is 300 g/mol. The number of halogens is 3. The van der Waals surface area contributed by atoms with Gasteiger partial charge in [-0.1, -0.05) is 0 Å². The van der Waals surface area contributed by atoms with E-state index in [-0.39, 0.29) is 16.8 Å². The first-order valence-corrected chi connectivity index (χ1v) is 6.20. The molecule has 0 atom stereocenters. The predicted octanol–water partition coefficient (Wildman–Crippen LogP) is 1.04. The van der Waals surface area contributed by atoms with Gasteiger partial charge in [0.25, 0.3) is 0 Å². The van der Waals surface area contributed by atoms with Crippen LogP contribution in [0.25, 0.3) is 0 Å². The number of benzene rings is 1. The molecule has 6 nitrogen and oxygen atoms in total. The van der Waals surface area contributed by atoms with Crippen molar-refractivity contribution < 1.29 is 31.0 Å². The Labute approximate surface area is 106 Å². The van der Waals surface area contributed by atoms with Crippen LogP contribution in [0, 0.1) is 24.3 Å². The van der Waals surface area contributed by atoms with Gasteiger partial charge in [-0.3, -0.25) is 0 Å². The van der Waals surface area contributed by atoms with E-state index in [0.29, 0.717) is 0 Å². The van der Waals surface area contributed by atoms with E-state index in [1.165, 1.54) is 13.8 Å². The zero-order valence-electron chi connectivity index (χ0n) is 9.74. The monoisotopic (exact) mass is 300 g/mol. The van der Waals surface area contributed by atoms with Crippen LogP contribution >= 0.6 is 0 Å². The standard InChI is InChI=1S/C9H9F3NO5S/c1-5-3-7(13(14)15)4-6(2)8(5)18-19(16,17)9(10,11)12/h3-4,13H,1-2H3/q-1. The molecule has 0 aliphatic carbocycles. The summed E-state index contributed by atoms with van der Waals surface area (Å²) >= 11 is 0. The highest BCUT2D eigenvalue weighted by Crippen LogP contribution is 2.32. The van der Waals surface area contributed by atoms with E-state index in [1.54, 1.807) is 0 Å². The molecule has 0 saturated carbocycles. The second-order valence-corrected chi connectivity index (χ2v) is 5.25. The van der Waals surface area contributed by atoms with Gasteiger partial charge < -0.3 is 19.8 Å². The third kappa shape index (κ3) is 3.35. The van der Waals surface area contributed by atoms with Crippen molar-refractivity contribution >= 4 is 15.8 Å². The largest absolute Gasteiger partial charge is 0.628 e. The van der Waals surface area contributed by atoms with Crippen molar-refractivity contribution in [2.24, 2.45) is 0 Å². The molecule has 0 bridgehead atoms. The van der Waals surface area contributed by atoms with E-state index in [9.17, 15) is 32.0 Å². The molecule has 0 heterocycles. The van der Waals surface area contributed by atoms with Crippen molar-refractivity contribution in [2.45, 2.75) is 19.4 Å². The molecule has 1 aromatic carbocycles. The molecule has 108 valence electrons. The van der Waals surface area contributed by atoms with Crippen molar-refractivity contribution in [1.29, 1.82) is 0 Å². The summed E-state index contributed by atoms with van der Waals surface area (Å²) < 4.78 is 62.3. The molecule has 0 unspecified atom stereocenters. The van der Waals surface area contributed by atoms with Gasteiger partial charge in [0, 0.05) is 12.1 Å². The van der Waals surface area contributed by atoms with Gasteiger partial charge in [-0.15, -0.1) is 0 Å². The van der Waals surface area contributed by atoms with Crippen LogP contribution in [-0.2, 0) is 10.1 Å². The van der Waals surface area contributed by atoms with E-state index in [4.69, 9.17) is 0 Å². The Kier molecular flexibility index (Phi) is 4.10. The molecule has 0 amide bonds. The molecule has 0 radical (unpaired) electrons. The van der Waals surface area contributed by atoms with Crippen molar-refractivity contribution in [1.82, 2.24) is 0 Å². The van der Waals surface area contributed by atoms with Crippen molar-refractivity contribution in [3.8, 4) is 5.75 Å². The lowest BCUT2D eigenvalue weighted by atomic mass is 10.1. The molecule has 0 aliphatic heterocycles. The summed E-state index contributed by atoms with van der Waals surface area (Å²) in [5.74, 6) is -0.553. The number of hydrogen-bond acceptors (Lipinski definition) is 5. The fourth-order valence-electron chi connectivity index (χ4n) is 1.36. The smallest absolute Gasteiger partial charge is 0.534 e. The van der Waals surface area contributed by atoms with Crippen molar-refractivity contribution in [2.75, 3.05) is 0 Å². The quantitative estimate of drug-likeness (QED) is 0.511. The minimum Gasteiger partial charge on any atom is -0.628 e. The van der Waals surface area contributed by atoms with Crippen LogP contribution in [0.4, 0.5) is 18.9 Å². The van der Waals surface area contributed by atoms with Gasteiger partial charge in [0.1, 0.15) is 11.4 Å². The normalized spacial score (nSPS) is 12.8. The number of aryl methyl sites for hydroxylation is 2. The van der Waals surface area contributed by atoms with Crippen molar-refractivity contribution in [3.63, 3.8) is 0 Å². The number of nitrogens with one attached hydrogen (secondary N) is 1. The summed E-state index contributed by atoms with van der Waals surface area (Å²) in [6.45, 7) is 2.45. The first-order chi connectivity index (χ1) is 8.45. The van der Waals surface area contributed by atoms with Gasteiger partial charge in [0.15, 0.2) is 0 Å². The van der Waals surface area contributed by atoms with Crippen molar-refractivity contribution in [3.05, 3.63) is 33.7 Å². The van der Waals surface area contributed by atoms with Crippen LogP contribution in [0.1, 0.15) is 11.1 Å². The molecule has 0 fully saturated rings. The highest BCUT2D eigenvalue weighted by atomic mass is 32.2. The van der Waals surface area contributed by atoms with E-state index in [0.717, 1.165) is 12.1 Å². The van der Waals surface area contributed by atoms with Crippen LogP contribution in [-0.4, -0.2) is 13.9 Å². The van der Waals surface area contributed by atoms with Gasteiger partial charge in [-0.2, -0.15) is 21.6 Å². The van der Waals surface area contributed by atoms with E-state index >= 15 is 0 Å². The minimum atomic E-state index is -5.79. The molecule has 0 aromatic heterocycles. The second kappa shape index (κ2) is 4.96. The molecule has 0 aliphatic rings. The maximum Gasteiger partial charge on any atom is 0.534 e. The topological polar surface area (TPSA) is 93.9 Å². The third-order valence-corrected chi connectivity index (χ3v) is 3.13. The Morgan fingerprint density at radius 2 is 1.58 bits per heavy atom. The molecule has 1 rings (SSSR count). The lowest BCUT2D eigenvalue weighted by Gasteiger charge is -2.26. The number of rotatable bonds is 3. The zero-order chi connectivity index (χ0) is 15.0. The number of hydrogen-bond donors (Lipinski definition) is 1. The van der Waals surface area contributed by atoms with Crippen LogP contribution < -0.4 is 9.41 Å². The Morgan fingerprint density at radius 3 is 1.89 bits per heavy atom. The summed E-state index contributed by atoms with van der Waals surface area (Å²) in [5, 5.41) is 19.7. The van der Waals surface area contributed by atoms with Crippen LogP contribution in [0.3, 0.4) is 0 Å². The Hall–Kier alpha value is -1.36. The molecule has 10 heteroatoms. The fourth-order valence-corrected chi connectivity index (χ4v) is 1.93. The van der Waals surface area contributed by atoms with Gasteiger partial charge >= 0.3 is 15.6 Å². The summed E-state index contributed by atoms with van der Waals surface area (Å²) in [6.07, 6.45) is 0. The van der Waals surface area contributed by atoms with E-state index in [1.807, 2.05) is 0 Å². The molecule has 1 aromatic rings. The Bertz CT molecular complexity index is 559. The Balaban J connectivity index is 3.25. The Morgan fingerprint density at radius 1 is 1.16 bits per heavy atom. The molecule has 1 N–H and O–H groups in total. The lowest BCUT2D eigenvalue weighted by molar-refractivity contribution is -0.715. The summed E-state index contributed by atoms with van der Waals surface area (Å²) in [4.78, 5) is 0. The maximum absolute atomic E-state index is 12.2. The SMILES string of the molecule is Cc1cc([NH+]([O-])[O-])cc(C)c1OS(=O)(=O)C(F)(F)F.